The van der Waals surface area contributed by atoms with E-state index in [0.717, 1.165) is 61.5 Å². The van der Waals surface area contributed by atoms with Crippen LogP contribution in [0.15, 0.2) is 79.1 Å². The first-order valence-electron chi connectivity index (χ1n) is 22.4. The molecule has 6 heterocycles. The zero-order valence-electron chi connectivity index (χ0n) is 36.2. The van der Waals surface area contributed by atoms with Crippen LogP contribution in [-0.4, -0.2) is 140 Å². The number of piperazine rings is 1. The van der Waals surface area contributed by atoms with Gasteiger partial charge in [-0.25, -0.2) is 14.6 Å². The fourth-order valence-electron chi connectivity index (χ4n) is 9.23. The highest BCUT2D eigenvalue weighted by Crippen LogP contribution is 2.36. The molecule has 0 bridgehead atoms. The highest BCUT2D eigenvalue weighted by atomic mass is 16.5. The summed E-state index contributed by atoms with van der Waals surface area (Å²) in [6, 6.07) is 22.0. The summed E-state index contributed by atoms with van der Waals surface area (Å²) in [4.78, 5) is 80.2. The van der Waals surface area contributed by atoms with E-state index in [0.29, 0.717) is 79.4 Å². The molecule has 65 heavy (non-hydrogen) atoms. The van der Waals surface area contributed by atoms with Crippen LogP contribution in [0.5, 0.6) is 11.5 Å². The smallest absolute Gasteiger partial charge is 0.255 e. The molecular weight excluding hydrogens is 831 g/mol. The van der Waals surface area contributed by atoms with E-state index in [2.05, 4.69) is 25.5 Å². The number of benzene rings is 3. The molecule has 3 fully saturated rings. The molecule has 9 rings (SSSR count). The number of hydrogen-bond donors (Lipinski definition) is 3. The Labute approximate surface area is 376 Å². The van der Waals surface area contributed by atoms with E-state index in [4.69, 9.17) is 20.3 Å². The van der Waals surface area contributed by atoms with Gasteiger partial charge in [-0.3, -0.25) is 34.2 Å². The summed E-state index contributed by atoms with van der Waals surface area (Å²) in [6.07, 6.45) is 4.82. The zero-order valence-corrected chi connectivity index (χ0v) is 36.2. The van der Waals surface area contributed by atoms with Gasteiger partial charge in [0.1, 0.15) is 42.0 Å². The fourth-order valence-corrected chi connectivity index (χ4v) is 9.23. The summed E-state index contributed by atoms with van der Waals surface area (Å²) in [6.45, 7) is 5.58. The third kappa shape index (κ3) is 9.63. The van der Waals surface area contributed by atoms with Crippen molar-refractivity contribution in [1.82, 2.24) is 44.7 Å². The van der Waals surface area contributed by atoms with Crippen molar-refractivity contribution in [2.75, 3.05) is 76.6 Å². The Morgan fingerprint density at radius 3 is 2.46 bits per heavy atom. The molecule has 338 valence electrons. The van der Waals surface area contributed by atoms with Crippen LogP contribution in [0.2, 0.25) is 0 Å². The highest BCUT2D eigenvalue weighted by molar-refractivity contribution is 6.06. The summed E-state index contributed by atoms with van der Waals surface area (Å²) in [5, 5.41) is 11.4. The monoisotopic (exact) mass is 883 g/mol. The maximum atomic E-state index is 13.6. The summed E-state index contributed by atoms with van der Waals surface area (Å²) < 4.78 is 13.6. The van der Waals surface area contributed by atoms with E-state index in [-0.39, 0.29) is 55.8 Å². The van der Waals surface area contributed by atoms with E-state index < -0.39 is 11.9 Å². The van der Waals surface area contributed by atoms with Gasteiger partial charge in [-0.05, 0) is 80.8 Å². The van der Waals surface area contributed by atoms with Crippen LogP contribution in [0.4, 0.5) is 11.5 Å². The Balaban J connectivity index is 0.696. The number of imide groups is 1. The lowest BCUT2D eigenvalue weighted by Crippen LogP contribution is -2.52. The minimum absolute atomic E-state index is 0.0324. The third-order valence-electron chi connectivity index (χ3n) is 12.7. The van der Waals surface area contributed by atoms with Gasteiger partial charge in [0.2, 0.25) is 23.6 Å². The number of piperidine rings is 2. The van der Waals surface area contributed by atoms with Crippen molar-refractivity contribution in [2.45, 2.75) is 57.2 Å². The van der Waals surface area contributed by atoms with Crippen LogP contribution < -0.4 is 21.1 Å². The Bertz CT molecular complexity index is 2560. The predicted octanol–water partition coefficient (Wildman–Crippen LogP) is 3.85. The average molecular weight is 884 g/mol. The lowest BCUT2D eigenvalue weighted by Gasteiger charge is -2.35. The van der Waals surface area contributed by atoms with E-state index in [1.165, 1.54) is 11.2 Å². The number of nitrogens with zero attached hydrogens (tertiary/aromatic N) is 8. The lowest BCUT2D eigenvalue weighted by atomic mass is 10.0. The number of anilines is 2. The SMILES string of the molecule is Nc1ncnc2c1c(-c1ccc(Oc3ccccc3)cc1)nn2[C@@H]1CCCN(C(=O)CCCN2CCN(C(=O)COCCNc3cccc4c3CN(C3CCC(=O)NC3=O)C4=O)CC2)C1. The molecule has 2 aromatic heterocycles. The molecule has 0 radical (unpaired) electrons. The molecule has 4 N–H and O–H groups in total. The molecule has 1 unspecified atom stereocenters. The largest absolute Gasteiger partial charge is 0.457 e. The number of hydrogen-bond acceptors (Lipinski definition) is 13. The molecule has 18 nitrogen and oxygen atoms in total. The Kier molecular flexibility index (Phi) is 13.0. The number of para-hydroxylation sites is 1. The van der Waals surface area contributed by atoms with Crippen molar-refractivity contribution in [1.29, 1.82) is 0 Å². The van der Waals surface area contributed by atoms with Crippen molar-refractivity contribution in [3.05, 3.63) is 90.3 Å². The van der Waals surface area contributed by atoms with Crippen molar-refractivity contribution < 1.29 is 33.4 Å². The highest BCUT2D eigenvalue weighted by Gasteiger charge is 2.40. The quantitative estimate of drug-likeness (QED) is 0.101. The second-order valence-electron chi connectivity index (χ2n) is 16.9. The first-order chi connectivity index (χ1) is 31.7. The van der Waals surface area contributed by atoms with Gasteiger partial charge in [0.15, 0.2) is 5.65 Å². The minimum Gasteiger partial charge on any atom is -0.457 e. The number of carbonyl (C=O) groups excluding carboxylic acids is 5. The Morgan fingerprint density at radius 2 is 1.66 bits per heavy atom. The van der Waals surface area contributed by atoms with E-state index in [1.807, 2.05) is 75.1 Å². The van der Waals surface area contributed by atoms with E-state index in [9.17, 15) is 24.0 Å². The summed E-state index contributed by atoms with van der Waals surface area (Å²) in [7, 11) is 0. The van der Waals surface area contributed by atoms with Gasteiger partial charge < -0.3 is 35.2 Å². The average Bonchev–Trinajstić information content (AvgIpc) is 3.89. The number of carbonyl (C=O) groups is 5. The maximum absolute atomic E-state index is 13.6. The number of ether oxygens (including phenoxy) is 2. The number of nitrogens with one attached hydrogen (secondary N) is 2. The maximum Gasteiger partial charge on any atom is 0.255 e. The second-order valence-corrected chi connectivity index (χ2v) is 16.9. The van der Waals surface area contributed by atoms with Gasteiger partial charge in [0, 0.05) is 87.6 Å². The molecule has 4 aliphatic rings. The Hall–Kier alpha value is -6.92. The lowest BCUT2D eigenvalue weighted by molar-refractivity contribution is -0.138. The molecule has 0 aliphatic carbocycles. The molecule has 3 saturated heterocycles. The molecule has 4 aliphatic heterocycles. The topological polar surface area (TPSA) is 210 Å². The molecule has 5 amide bonds. The van der Waals surface area contributed by atoms with Crippen molar-refractivity contribution >= 4 is 52.1 Å². The molecule has 2 atom stereocenters. The summed E-state index contributed by atoms with van der Waals surface area (Å²) in [5.41, 5.74) is 10.7. The van der Waals surface area contributed by atoms with E-state index >= 15 is 0 Å². The number of likely N-dealkylation sites (tertiary alicyclic amines) is 1. The van der Waals surface area contributed by atoms with Crippen LogP contribution in [0.3, 0.4) is 0 Å². The number of fused-ring (bicyclic) bond motifs is 2. The van der Waals surface area contributed by atoms with Crippen LogP contribution in [0.1, 0.15) is 60.5 Å². The molecule has 18 heteroatoms. The minimum atomic E-state index is -0.678. The number of nitrogen functional groups attached to an aromatic ring is 1. The van der Waals surface area contributed by atoms with Crippen molar-refractivity contribution in [2.24, 2.45) is 0 Å². The molecule has 3 aromatic carbocycles. The van der Waals surface area contributed by atoms with Crippen LogP contribution in [0.25, 0.3) is 22.3 Å². The van der Waals surface area contributed by atoms with Crippen LogP contribution >= 0.6 is 0 Å². The molecule has 0 spiro atoms. The van der Waals surface area contributed by atoms with Crippen molar-refractivity contribution in [3.63, 3.8) is 0 Å². The normalized spacial score (nSPS) is 19.1. The molecule has 5 aromatic rings. The standard InChI is InChI=1S/C47H53N11O7/c48-44-42-43(31-13-15-34(16-14-31)65-33-8-2-1-3-9-33)53-58(45(42)51-30-50-44)32-7-5-21-56(27-32)40(60)12-6-20-54-22-24-55(25-23-54)41(61)29-64-26-19-49-37-11-4-10-35-36(37)28-57(47(35)63)38-17-18-39(59)52-46(38)62/h1-4,8-11,13-16,30,32,38,49H,5-7,12,17-29H2,(H2,48,50,51)(H,52,59,62)/t32-,38?/m1/s1. The molecular formula is C47H53N11O7. The van der Waals surface area contributed by atoms with Gasteiger partial charge in [0.25, 0.3) is 5.91 Å². The van der Waals surface area contributed by atoms with Gasteiger partial charge in [0.05, 0.1) is 18.0 Å². The van der Waals surface area contributed by atoms with Crippen LogP contribution in [0, 0.1) is 0 Å². The van der Waals surface area contributed by atoms with Crippen LogP contribution in [-0.2, 0) is 30.5 Å². The summed E-state index contributed by atoms with van der Waals surface area (Å²) in [5.74, 6) is 0.862. The number of rotatable bonds is 15. The predicted molar refractivity (Wildman–Crippen MR) is 241 cm³/mol. The second kappa shape index (κ2) is 19.4. The van der Waals surface area contributed by atoms with Gasteiger partial charge >= 0.3 is 0 Å². The number of nitrogens with two attached hydrogens (primary N) is 1. The first-order valence-corrected chi connectivity index (χ1v) is 22.4. The fraction of sp³-hybridized carbons (Fsp3) is 0.404. The first kappa shape index (κ1) is 43.3. The number of aromatic nitrogens is 4. The molecule has 0 saturated carbocycles. The Morgan fingerprint density at radius 1 is 0.862 bits per heavy atom. The van der Waals surface area contributed by atoms with Crippen molar-refractivity contribution in [3.8, 4) is 22.8 Å². The zero-order chi connectivity index (χ0) is 44.9. The number of amides is 5. The van der Waals surface area contributed by atoms with Gasteiger partial charge in [-0.2, -0.15) is 5.10 Å². The van der Waals surface area contributed by atoms with Gasteiger partial charge in [-0.15, -0.1) is 0 Å². The third-order valence-corrected chi connectivity index (χ3v) is 12.7. The van der Waals surface area contributed by atoms with E-state index in [1.54, 1.807) is 12.1 Å². The summed E-state index contributed by atoms with van der Waals surface area (Å²) >= 11 is 0. The van der Waals surface area contributed by atoms with Gasteiger partial charge in [-0.1, -0.05) is 24.3 Å².